The molecule has 2 aromatic rings. The van der Waals surface area contributed by atoms with Crippen LogP contribution in [0, 0.1) is 19.7 Å². The third-order valence-corrected chi connectivity index (χ3v) is 6.11. The summed E-state index contributed by atoms with van der Waals surface area (Å²) in [7, 11) is 0. The summed E-state index contributed by atoms with van der Waals surface area (Å²) in [5.41, 5.74) is 1.91. The van der Waals surface area contributed by atoms with E-state index >= 15 is 0 Å². The van der Waals surface area contributed by atoms with Crippen molar-refractivity contribution in [3.8, 4) is 5.75 Å². The molecule has 3 aliphatic heterocycles. The number of fused-ring (bicyclic) bond motifs is 2. The van der Waals surface area contributed by atoms with Gasteiger partial charge in [0.15, 0.2) is 0 Å². The first-order chi connectivity index (χ1) is 13.3. The van der Waals surface area contributed by atoms with Crippen LogP contribution in [0.3, 0.4) is 0 Å². The monoisotopic (exact) mass is 446 g/mol. The smallest absolute Gasteiger partial charge is 0.257 e. The van der Waals surface area contributed by atoms with Crippen molar-refractivity contribution < 1.29 is 19.1 Å². The number of piperazine rings is 1. The van der Waals surface area contributed by atoms with Gasteiger partial charge in [-0.15, -0.1) is 0 Å². The topological polar surface area (TPSA) is 60.9 Å². The molecule has 0 aromatic heterocycles. The Bertz CT molecular complexity index is 959. The van der Waals surface area contributed by atoms with E-state index in [-0.39, 0.29) is 35.2 Å². The highest BCUT2D eigenvalue weighted by atomic mass is 79.9. The summed E-state index contributed by atoms with van der Waals surface area (Å²) in [5, 5.41) is 9.91. The second-order valence-electron chi connectivity index (χ2n) is 7.55. The molecule has 3 aliphatic rings. The lowest BCUT2D eigenvalue weighted by Crippen LogP contribution is -2.70. The van der Waals surface area contributed by atoms with Crippen molar-refractivity contribution in [1.82, 2.24) is 9.80 Å². The molecule has 2 atom stereocenters. The minimum atomic E-state index is -0.549. The molecule has 0 aliphatic carbocycles. The van der Waals surface area contributed by atoms with E-state index < -0.39 is 5.82 Å². The maximum Gasteiger partial charge on any atom is 0.257 e. The van der Waals surface area contributed by atoms with Crippen molar-refractivity contribution in [2.45, 2.75) is 32.4 Å². The number of piperidine rings is 1. The molecule has 2 aromatic carbocycles. The fourth-order valence-corrected chi connectivity index (χ4v) is 4.50. The SMILES string of the molecule is Cc1cc(C(=O)N2CC3CC(C2)N3C(=O)c2ccc(Br)cc2F)cc(C)c1O. The summed E-state index contributed by atoms with van der Waals surface area (Å²) >= 11 is 3.20. The van der Waals surface area contributed by atoms with Crippen molar-refractivity contribution in [2.75, 3.05) is 13.1 Å². The minimum absolute atomic E-state index is 0.0578. The van der Waals surface area contributed by atoms with Crippen molar-refractivity contribution >= 4 is 27.7 Å². The lowest BCUT2D eigenvalue weighted by molar-refractivity contribution is -0.0400. The summed E-state index contributed by atoms with van der Waals surface area (Å²) in [5.74, 6) is -0.781. The van der Waals surface area contributed by atoms with Crippen molar-refractivity contribution in [2.24, 2.45) is 0 Å². The van der Waals surface area contributed by atoms with Crippen LogP contribution in [0.4, 0.5) is 4.39 Å². The van der Waals surface area contributed by atoms with Crippen molar-refractivity contribution in [3.63, 3.8) is 0 Å². The highest BCUT2D eigenvalue weighted by Crippen LogP contribution is 2.35. The normalized spacial score (nSPS) is 20.7. The van der Waals surface area contributed by atoms with Gasteiger partial charge in [-0.25, -0.2) is 4.39 Å². The Morgan fingerprint density at radius 2 is 1.68 bits per heavy atom. The second-order valence-corrected chi connectivity index (χ2v) is 8.46. The minimum Gasteiger partial charge on any atom is -0.507 e. The van der Waals surface area contributed by atoms with E-state index in [1.165, 1.54) is 12.1 Å². The molecule has 0 saturated carbocycles. The molecule has 5 rings (SSSR count). The predicted octanol–water partition coefficient (Wildman–Crippen LogP) is 3.65. The summed E-state index contributed by atoms with van der Waals surface area (Å²) in [6, 6.07) is 7.59. The molecule has 5 nitrogen and oxygen atoms in total. The number of phenolic OH excluding ortho intramolecular Hbond substituents is 1. The number of aryl methyl sites for hydroxylation is 2. The molecule has 0 spiro atoms. The van der Waals surface area contributed by atoms with E-state index in [4.69, 9.17) is 0 Å². The Morgan fingerprint density at radius 3 is 2.25 bits per heavy atom. The number of amides is 2. The van der Waals surface area contributed by atoms with Crippen LogP contribution >= 0.6 is 15.9 Å². The lowest BCUT2D eigenvalue weighted by Gasteiger charge is -2.56. The van der Waals surface area contributed by atoms with Crippen LogP contribution in [-0.4, -0.2) is 51.9 Å². The first-order valence-electron chi connectivity index (χ1n) is 9.13. The molecular weight excluding hydrogens is 427 g/mol. The average Bonchev–Trinajstić information content (AvgIpc) is 2.65. The number of benzene rings is 2. The maximum atomic E-state index is 14.2. The summed E-state index contributed by atoms with van der Waals surface area (Å²) in [4.78, 5) is 29.1. The standard InChI is InChI=1S/C21H20BrFN2O3/c1-11-5-13(6-12(2)19(11)26)20(27)24-9-15-8-16(10-24)25(15)21(28)17-4-3-14(22)7-18(17)23/h3-7,15-16,26H,8-10H2,1-2H3. The molecule has 28 heavy (non-hydrogen) atoms. The van der Waals surface area contributed by atoms with Crippen LogP contribution < -0.4 is 0 Å². The molecule has 2 amide bonds. The van der Waals surface area contributed by atoms with Gasteiger partial charge in [0.05, 0.1) is 17.6 Å². The Morgan fingerprint density at radius 1 is 1.07 bits per heavy atom. The summed E-state index contributed by atoms with van der Waals surface area (Å²) < 4.78 is 14.8. The van der Waals surface area contributed by atoms with Gasteiger partial charge in [-0.3, -0.25) is 9.59 Å². The Kier molecular flexibility index (Phi) is 4.65. The number of hydrogen-bond acceptors (Lipinski definition) is 3. The largest absolute Gasteiger partial charge is 0.507 e. The number of hydrogen-bond donors (Lipinski definition) is 1. The van der Waals surface area contributed by atoms with Crippen LogP contribution in [0.2, 0.25) is 0 Å². The van der Waals surface area contributed by atoms with Gasteiger partial charge >= 0.3 is 0 Å². The molecule has 3 fully saturated rings. The van der Waals surface area contributed by atoms with Crippen molar-refractivity contribution in [3.05, 3.63) is 62.9 Å². The highest BCUT2D eigenvalue weighted by molar-refractivity contribution is 9.10. The van der Waals surface area contributed by atoms with E-state index in [1.807, 2.05) is 0 Å². The van der Waals surface area contributed by atoms with Gasteiger partial charge in [0, 0.05) is 23.1 Å². The van der Waals surface area contributed by atoms with Gasteiger partial charge in [0.2, 0.25) is 0 Å². The van der Waals surface area contributed by atoms with E-state index in [0.29, 0.717) is 34.3 Å². The van der Waals surface area contributed by atoms with Crippen LogP contribution in [0.5, 0.6) is 5.75 Å². The zero-order valence-corrected chi connectivity index (χ0v) is 17.2. The number of carbonyl (C=O) groups excluding carboxylic acids is 2. The van der Waals surface area contributed by atoms with Gasteiger partial charge in [0.1, 0.15) is 11.6 Å². The average molecular weight is 447 g/mol. The van der Waals surface area contributed by atoms with Gasteiger partial charge in [0.25, 0.3) is 11.8 Å². The lowest BCUT2D eigenvalue weighted by atomic mass is 9.86. The number of nitrogens with zero attached hydrogens (tertiary/aromatic N) is 2. The summed E-state index contributed by atoms with van der Waals surface area (Å²) in [6.07, 6.45) is 0.821. The molecule has 1 N–H and O–H groups in total. The molecule has 146 valence electrons. The van der Waals surface area contributed by atoms with Crippen LogP contribution in [0.25, 0.3) is 0 Å². The number of aromatic hydroxyl groups is 1. The number of rotatable bonds is 2. The van der Waals surface area contributed by atoms with Gasteiger partial charge in [-0.1, -0.05) is 15.9 Å². The molecule has 3 heterocycles. The molecule has 0 radical (unpaired) electrons. The Labute approximate surface area is 170 Å². The van der Waals surface area contributed by atoms with Gasteiger partial charge in [-0.05, 0) is 61.7 Å². The van der Waals surface area contributed by atoms with E-state index in [1.54, 1.807) is 41.8 Å². The maximum absolute atomic E-state index is 14.2. The zero-order valence-electron chi connectivity index (χ0n) is 15.6. The third kappa shape index (κ3) is 3.07. The number of halogens is 2. The fourth-order valence-electron chi connectivity index (χ4n) is 4.17. The van der Waals surface area contributed by atoms with E-state index in [2.05, 4.69) is 15.9 Å². The van der Waals surface area contributed by atoms with E-state index in [0.717, 1.165) is 6.42 Å². The zero-order chi connectivity index (χ0) is 20.2. The fraction of sp³-hybridized carbons (Fsp3) is 0.333. The highest BCUT2D eigenvalue weighted by Gasteiger charge is 2.48. The quantitative estimate of drug-likeness (QED) is 0.765. The molecule has 2 unspecified atom stereocenters. The molecule has 7 heteroatoms. The number of phenols is 1. The van der Waals surface area contributed by atoms with E-state index in [9.17, 15) is 19.1 Å². The van der Waals surface area contributed by atoms with Crippen LogP contribution in [0.15, 0.2) is 34.8 Å². The Balaban J connectivity index is 1.50. The number of carbonyl (C=O) groups is 2. The second kappa shape index (κ2) is 6.88. The summed E-state index contributed by atoms with van der Waals surface area (Å²) in [6.45, 7) is 4.39. The molecular formula is C21H20BrFN2O3. The van der Waals surface area contributed by atoms with Crippen molar-refractivity contribution in [1.29, 1.82) is 0 Å². The molecule has 3 saturated heterocycles. The van der Waals surface area contributed by atoms with Gasteiger partial charge < -0.3 is 14.9 Å². The van der Waals surface area contributed by atoms with Crippen LogP contribution in [-0.2, 0) is 0 Å². The first-order valence-corrected chi connectivity index (χ1v) is 9.92. The van der Waals surface area contributed by atoms with Crippen LogP contribution in [0.1, 0.15) is 38.3 Å². The predicted molar refractivity (Wildman–Crippen MR) is 106 cm³/mol. The Hall–Kier alpha value is -2.41. The van der Waals surface area contributed by atoms with Gasteiger partial charge in [-0.2, -0.15) is 0 Å². The first kappa shape index (κ1) is 18.9. The molecule has 2 bridgehead atoms. The third-order valence-electron chi connectivity index (χ3n) is 5.61.